The van der Waals surface area contributed by atoms with E-state index >= 15 is 0 Å². The lowest BCUT2D eigenvalue weighted by Crippen LogP contribution is -2.37. The number of rotatable bonds is 3. The van der Waals surface area contributed by atoms with Crippen LogP contribution in [-0.4, -0.2) is 7.11 Å². The molecule has 1 N–H and O–H groups in total. The summed E-state index contributed by atoms with van der Waals surface area (Å²) in [6, 6.07) is 15.4. The third-order valence-electron chi connectivity index (χ3n) is 3.26. The number of methoxy groups -OCH3 is 1. The van der Waals surface area contributed by atoms with Crippen molar-refractivity contribution in [3.05, 3.63) is 59.6 Å². The second kappa shape index (κ2) is 5.28. The van der Waals surface area contributed by atoms with Crippen molar-refractivity contribution in [2.45, 2.75) is 6.92 Å². The smallest absolute Gasteiger partial charge is 0.274 e. The van der Waals surface area contributed by atoms with Crippen LogP contribution >= 0.6 is 0 Å². The normalized spacial score (nSPS) is 10.6. The van der Waals surface area contributed by atoms with E-state index in [1.165, 1.54) is 0 Å². The van der Waals surface area contributed by atoms with E-state index in [1.807, 2.05) is 55.5 Å². The number of aryl methyl sites for hydroxylation is 1. The number of hydrogen-bond donors (Lipinski definition) is 1. The second-order valence-electron chi connectivity index (χ2n) is 4.73. The van der Waals surface area contributed by atoms with Gasteiger partial charge in [-0.25, -0.2) is 5.27 Å². The second-order valence-corrected chi connectivity index (χ2v) is 4.73. The molecular formula is C16H15N3O2. The van der Waals surface area contributed by atoms with Crippen LogP contribution in [0.5, 0.6) is 5.75 Å². The Kier molecular flexibility index (Phi) is 3.31. The van der Waals surface area contributed by atoms with Crippen LogP contribution in [0.25, 0.3) is 16.9 Å². The fourth-order valence-electron chi connectivity index (χ4n) is 2.15. The molecular weight excluding hydrogens is 266 g/mol. The fraction of sp³-hybridized carbons (Fsp3) is 0.125. The van der Waals surface area contributed by atoms with Crippen molar-refractivity contribution in [1.82, 2.24) is 5.27 Å². The molecule has 1 heterocycles. The summed E-state index contributed by atoms with van der Waals surface area (Å²) in [4.78, 5) is 0. The Bertz CT molecular complexity index is 816. The molecule has 0 saturated heterocycles. The Balaban J connectivity index is 2.16. The lowest BCUT2D eigenvalue weighted by molar-refractivity contribution is -0.666. The molecule has 3 aromatic rings. The molecule has 2 aromatic carbocycles. The van der Waals surface area contributed by atoms with E-state index in [2.05, 4.69) is 5.27 Å². The Morgan fingerprint density at radius 1 is 1.14 bits per heavy atom. The van der Waals surface area contributed by atoms with Crippen LogP contribution in [0, 0.1) is 12.3 Å². The van der Waals surface area contributed by atoms with Gasteiger partial charge in [0.2, 0.25) is 5.69 Å². The fourth-order valence-corrected chi connectivity index (χ4v) is 2.15. The van der Waals surface area contributed by atoms with E-state index in [4.69, 9.17) is 14.7 Å². The van der Waals surface area contributed by atoms with E-state index in [1.54, 1.807) is 11.8 Å². The van der Waals surface area contributed by atoms with Crippen LogP contribution in [0.4, 0.5) is 0 Å². The Morgan fingerprint density at radius 2 is 1.90 bits per heavy atom. The van der Waals surface area contributed by atoms with Crippen molar-refractivity contribution >= 4 is 0 Å². The summed E-state index contributed by atoms with van der Waals surface area (Å²) in [5, 5.41) is 11.9. The summed E-state index contributed by atoms with van der Waals surface area (Å²) in [5.41, 5.74) is 3.47. The Hall–Kier alpha value is -2.82. The highest BCUT2D eigenvalue weighted by molar-refractivity contribution is 5.55. The quantitative estimate of drug-likeness (QED) is 0.747. The van der Waals surface area contributed by atoms with E-state index in [0.717, 1.165) is 22.6 Å². The summed E-state index contributed by atoms with van der Waals surface area (Å²) in [7, 11) is 1.61. The van der Waals surface area contributed by atoms with Crippen LogP contribution < -0.4 is 20.2 Å². The van der Waals surface area contributed by atoms with E-state index in [9.17, 15) is 0 Å². The predicted octanol–water partition coefficient (Wildman–Crippen LogP) is 1.98. The zero-order chi connectivity index (χ0) is 14.8. The number of nitrogens with zero attached hydrogens (tertiary/aromatic N) is 2. The average molecular weight is 281 g/mol. The zero-order valence-electron chi connectivity index (χ0n) is 11.8. The number of hydrogen-bond acceptors (Lipinski definition) is 3. The van der Waals surface area contributed by atoms with Crippen LogP contribution in [0.15, 0.2) is 53.1 Å². The molecule has 5 nitrogen and oxygen atoms in total. The van der Waals surface area contributed by atoms with Crippen LogP contribution in [0.3, 0.4) is 0 Å². The van der Waals surface area contributed by atoms with E-state index < -0.39 is 0 Å². The van der Waals surface area contributed by atoms with Gasteiger partial charge in [-0.3, -0.25) is 5.41 Å². The molecule has 106 valence electrons. The monoisotopic (exact) mass is 281 g/mol. The number of nitrogens with one attached hydrogen (secondary N) is 1. The topological polar surface area (TPSA) is 64.2 Å². The third kappa shape index (κ3) is 2.45. The minimum Gasteiger partial charge on any atom is -0.497 e. The summed E-state index contributed by atoms with van der Waals surface area (Å²) >= 11 is 0. The molecule has 1 aromatic heterocycles. The Labute approximate surface area is 121 Å². The van der Waals surface area contributed by atoms with Crippen molar-refractivity contribution in [2.24, 2.45) is 0 Å². The van der Waals surface area contributed by atoms with Gasteiger partial charge in [-0.15, -0.1) is 0 Å². The lowest BCUT2D eigenvalue weighted by Gasteiger charge is -2.04. The molecule has 0 unspecified atom stereocenters. The van der Waals surface area contributed by atoms with Gasteiger partial charge in [0.15, 0.2) is 0 Å². The molecule has 0 atom stereocenters. The molecule has 0 spiro atoms. The molecule has 0 aliphatic heterocycles. The first kappa shape index (κ1) is 13.2. The third-order valence-corrected chi connectivity index (χ3v) is 3.26. The summed E-state index contributed by atoms with van der Waals surface area (Å²) in [5.74, 6) is 0.726. The summed E-state index contributed by atoms with van der Waals surface area (Å²) < 4.78 is 11.9. The van der Waals surface area contributed by atoms with Gasteiger partial charge in [-0.2, -0.15) is 4.68 Å². The van der Waals surface area contributed by atoms with E-state index in [-0.39, 0.29) is 5.55 Å². The maximum absolute atomic E-state index is 7.95. The van der Waals surface area contributed by atoms with Crippen molar-refractivity contribution in [1.29, 1.82) is 5.41 Å². The SMILES string of the molecule is COc1cccc(-[n+]2[n-]oc(=N)c2-c2ccc(C)cc2)c1. The van der Waals surface area contributed by atoms with Crippen molar-refractivity contribution in [3.8, 4) is 22.7 Å². The molecule has 0 saturated carbocycles. The highest BCUT2D eigenvalue weighted by Gasteiger charge is 2.17. The molecule has 21 heavy (non-hydrogen) atoms. The van der Waals surface area contributed by atoms with Gasteiger partial charge in [0.25, 0.3) is 11.2 Å². The van der Waals surface area contributed by atoms with Gasteiger partial charge >= 0.3 is 0 Å². The van der Waals surface area contributed by atoms with Crippen molar-refractivity contribution in [3.63, 3.8) is 0 Å². The number of benzene rings is 2. The van der Waals surface area contributed by atoms with Gasteiger partial charge in [0.05, 0.1) is 18.7 Å². The maximum Gasteiger partial charge on any atom is 0.274 e. The lowest BCUT2D eigenvalue weighted by atomic mass is 10.1. The molecule has 3 rings (SSSR count). The first-order valence-electron chi connectivity index (χ1n) is 6.54. The van der Waals surface area contributed by atoms with Gasteiger partial charge < -0.3 is 9.26 Å². The van der Waals surface area contributed by atoms with Gasteiger partial charge in [0, 0.05) is 6.07 Å². The first-order valence-corrected chi connectivity index (χ1v) is 6.54. The highest BCUT2D eigenvalue weighted by atomic mass is 16.5. The van der Waals surface area contributed by atoms with Gasteiger partial charge in [-0.1, -0.05) is 23.8 Å². The van der Waals surface area contributed by atoms with E-state index in [0.29, 0.717) is 5.69 Å². The Morgan fingerprint density at radius 3 is 2.62 bits per heavy atom. The summed E-state index contributed by atoms with van der Waals surface area (Å²) in [6.07, 6.45) is 0. The van der Waals surface area contributed by atoms with Crippen molar-refractivity contribution < 1.29 is 13.9 Å². The number of ether oxygens (including phenoxy) is 1. The van der Waals surface area contributed by atoms with Gasteiger partial charge in [-0.05, 0) is 25.1 Å². The van der Waals surface area contributed by atoms with Crippen LogP contribution in [0.2, 0.25) is 0 Å². The molecule has 0 aliphatic carbocycles. The molecule has 0 radical (unpaired) electrons. The summed E-state index contributed by atoms with van der Waals surface area (Å²) in [6.45, 7) is 2.02. The molecule has 0 amide bonds. The molecule has 0 bridgehead atoms. The first-order chi connectivity index (χ1) is 10.2. The molecule has 5 heteroatoms. The zero-order valence-corrected chi connectivity index (χ0v) is 11.8. The minimum atomic E-state index is 0.0293. The average Bonchev–Trinajstić information content (AvgIpc) is 2.90. The highest BCUT2D eigenvalue weighted by Crippen LogP contribution is 2.16. The number of aromatic nitrogens is 2. The van der Waals surface area contributed by atoms with Crippen molar-refractivity contribution in [2.75, 3.05) is 7.11 Å². The maximum atomic E-state index is 7.95. The van der Waals surface area contributed by atoms with Crippen LogP contribution in [0.1, 0.15) is 5.56 Å². The molecule has 0 fully saturated rings. The largest absolute Gasteiger partial charge is 0.497 e. The minimum absolute atomic E-state index is 0.0293. The van der Waals surface area contributed by atoms with Crippen LogP contribution in [-0.2, 0) is 0 Å². The predicted molar refractivity (Wildman–Crippen MR) is 76.1 cm³/mol. The molecule has 0 aliphatic rings. The standard InChI is InChI=1S/C16H15N3O2/c1-11-6-8-12(9-7-11)15-16(17)21-18-19(15)13-4-3-5-14(10-13)20-2/h3-10,17H,1-2H3. The van der Waals surface area contributed by atoms with Gasteiger partial charge in [0.1, 0.15) is 5.75 Å².